The molecule has 4 rings (SSSR count). The van der Waals surface area contributed by atoms with E-state index in [0.717, 1.165) is 22.3 Å². The average molecular weight is 454 g/mol. The first-order valence-electron chi connectivity index (χ1n) is 11.1. The average Bonchev–Trinajstić information content (AvgIpc) is 2.98. The number of rotatable bonds is 5. The Hall–Kier alpha value is -4.19. The fraction of sp³-hybridized carbons (Fsp3) is 0.179. The van der Waals surface area contributed by atoms with Gasteiger partial charge in [-0.25, -0.2) is 4.90 Å². The molecular weight excluding hydrogens is 426 g/mol. The van der Waals surface area contributed by atoms with E-state index in [1.54, 1.807) is 24.3 Å². The summed E-state index contributed by atoms with van der Waals surface area (Å²) in [7, 11) is 0. The Morgan fingerprint density at radius 3 is 1.94 bits per heavy atom. The van der Waals surface area contributed by atoms with Crippen LogP contribution in [-0.4, -0.2) is 17.7 Å². The minimum atomic E-state index is -0.407. The zero-order valence-corrected chi connectivity index (χ0v) is 19.9. The van der Waals surface area contributed by atoms with Crippen molar-refractivity contribution < 1.29 is 14.4 Å². The number of amides is 3. The number of nitrogens with zero attached hydrogens (tertiary/aromatic N) is 1. The molecule has 6 nitrogen and oxygen atoms in total. The zero-order chi connectivity index (χ0) is 24.6. The Morgan fingerprint density at radius 1 is 0.735 bits per heavy atom. The van der Waals surface area contributed by atoms with Crippen LogP contribution in [-0.2, 0) is 14.4 Å². The summed E-state index contributed by atoms with van der Waals surface area (Å²) in [4.78, 5) is 39.9. The highest BCUT2D eigenvalue weighted by atomic mass is 16.2. The van der Waals surface area contributed by atoms with E-state index in [2.05, 4.69) is 10.6 Å². The van der Waals surface area contributed by atoms with Crippen LogP contribution in [0.4, 0.5) is 17.1 Å². The standard InChI is InChI=1S/C28H27N3O3/c1-16-6-11-24(19(4)13-16)25-26(30-22-9-7-21(8-10-22)29-20(5)32)28(34)31(27(25)33)23-14-17(2)12-18(3)15-23/h6-15,30H,1-5H3,(H,29,32). The third-order valence-corrected chi connectivity index (χ3v) is 5.67. The maximum atomic E-state index is 13.7. The summed E-state index contributed by atoms with van der Waals surface area (Å²) in [5, 5.41) is 5.90. The topological polar surface area (TPSA) is 78.5 Å². The molecule has 0 fully saturated rings. The normalized spacial score (nSPS) is 13.5. The summed E-state index contributed by atoms with van der Waals surface area (Å²) >= 11 is 0. The molecule has 34 heavy (non-hydrogen) atoms. The molecule has 0 aliphatic carbocycles. The van der Waals surface area contributed by atoms with Gasteiger partial charge in [0, 0.05) is 18.3 Å². The van der Waals surface area contributed by atoms with Gasteiger partial charge in [-0.15, -0.1) is 0 Å². The monoisotopic (exact) mass is 453 g/mol. The second-order valence-electron chi connectivity index (χ2n) is 8.74. The first kappa shape index (κ1) is 23.0. The van der Waals surface area contributed by atoms with Crippen molar-refractivity contribution in [2.24, 2.45) is 0 Å². The lowest BCUT2D eigenvalue weighted by molar-refractivity contribution is -0.120. The van der Waals surface area contributed by atoms with Gasteiger partial charge in [-0.3, -0.25) is 14.4 Å². The lowest BCUT2D eigenvalue weighted by Gasteiger charge is -2.17. The van der Waals surface area contributed by atoms with E-state index >= 15 is 0 Å². The van der Waals surface area contributed by atoms with Gasteiger partial charge in [-0.1, -0.05) is 29.8 Å². The Morgan fingerprint density at radius 2 is 1.35 bits per heavy atom. The van der Waals surface area contributed by atoms with Gasteiger partial charge < -0.3 is 10.6 Å². The molecule has 1 aliphatic rings. The third kappa shape index (κ3) is 4.48. The highest BCUT2D eigenvalue weighted by Gasteiger charge is 2.40. The lowest BCUT2D eigenvalue weighted by atomic mass is 9.97. The van der Waals surface area contributed by atoms with Crippen molar-refractivity contribution in [1.29, 1.82) is 0 Å². The van der Waals surface area contributed by atoms with E-state index < -0.39 is 5.91 Å². The van der Waals surface area contributed by atoms with Crippen LogP contribution in [0, 0.1) is 27.7 Å². The number of anilines is 3. The number of hydrogen-bond donors (Lipinski definition) is 2. The molecule has 0 saturated heterocycles. The largest absolute Gasteiger partial charge is 0.350 e. The van der Waals surface area contributed by atoms with E-state index in [0.29, 0.717) is 28.2 Å². The molecule has 0 saturated carbocycles. The summed E-state index contributed by atoms with van der Waals surface area (Å²) in [5.41, 5.74) is 7.04. The molecule has 2 N–H and O–H groups in total. The maximum Gasteiger partial charge on any atom is 0.282 e. The Balaban J connectivity index is 1.80. The van der Waals surface area contributed by atoms with Gasteiger partial charge in [-0.05, 0) is 86.3 Å². The van der Waals surface area contributed by atoms with Gasteiger partial charge in [0.15, 0.2) is 0 Å². The molecule has 3 aromatic carbocycles. The predicted octanol–water partition coefficient (Wildman–Crippen LogP) is 5.28. The van der Waals surface area contributed by atoms with Crippen LogP contribution < -0.4 is 15.5 Å². The number of aryl methyl sites for hydroxylation is 4. The van der Waals surface area contributed by atoms with Crippen LogP contribution in [0.25, 0.3) is 5.57 Å². The molecule has 0 aromatic heterocycles. The number of hydrogen-bond acceptors (Lipinski definition) is 4. The van der Waals surface area contributed by atoms with E-state index in [9.17, 15) is 14.4 Å². The van der Waals surface area contributed by atoms with Gasteiger partial charge in [0.2, 0.25) is 5.91 Å². The summed E-state index contributed by atoms with van der Waals surface area (Å²) in [6, 6.07) is 18.5. The number of nitrogens with one attached hydrogen (secondary N) is 2. The molecule has 0 unspecified atom stereocenters. The molecule has 0 radical (unpaired) electrons. The molecule has 1 aliphatic heterocycles. The van der Waals surface area contributed by atoms with Gasteiger partial charge in [-0.2, -0.15) is 0 Å². The first-order chi connectivity index (χ1) is 16.1. The zero-order valence-electron chi connectivity index (χ0n) is 19.9. The fourth-order valence-corrected chi connectivity index (χ4v) is 4.29. The highest BCUT2D eigenvalue weighted by Crippen LogP contribution is 2.36. The molecule has 3 amide bonds. The summed E-state index contributed by atoms with van der Waals surface area (Å²) in [6.07, 6.45) is 0. The summed E-state index contributed by atoms with van der Waals surface area (Å²) in [6.45, 7) is 9.25. The van der Waals surface area contributed by atoms with Crippen LogP contribution in [0.2, 0.25) is 0 Å². The van der Waals surface area contributed by atoms with Crippen LogP contribution in [0.3, 0.4) is 0 Å². The molecule has 3 aromatic rings. The van der Waals surface area contributed by atoms with Gasteiger partial charge in [0.1, 0.15) is 5.70 Å². The van der Waals surface area contributed by atoms with Crippen LogP contribution in [0.1, 0.15) is 34.7 Å². The van der Waals surface area contributed by atoms with Crippen LogP contribution in [0.15, 0.2) is 66.4 Å². The fourth-order valence-electron chi connectivity index (χ4n) is 4.29. The van der Waals surface area contributed by atoms with Crippen molar-refractivity contribution in [2.45, 2.75) is 34.6 Å². The molecule has 6 heteroatoms. The van der Waals surface area contributed by atoms with Gasteiger partial charge >= 0.3 is 0 Å². The van der Waals surface area contributed by atoms with Crippen molar-refractivity contribution in [3.63, 3.8) is 0 Å². The summed E-state index contributed by atoms with van der Waals surface area (Å²) in [5.74, 6) is -0.934. The number of carbonyl (C=O) groups excluding carboxylic acids is 3. The van der Waals surface area contributed by atoms with Crippen molar-refractivity contribution in [1.82, 2.24) is 0 Å². The van der Waals surface area contributed by atoms with E-state index in [1.807, 2.05) is 64.1 Å². The summed E-state index contributed by atoms with van der Waals surface area (Å²) < 4.78 is 0. The van der Waals surface area contributed by atoms with Crippen molar-refractivity contribution >= 4 is 40.4 Å². The van der Waals surface area contributed by atoms with Crippen LogP contribution >= 0.6 is 0 Å². The number of imide groups is 1. The van der Waals surface area contributed by atoms with E-state index in [4.69, 9.17) is 0 Å². The van der Waals surface area contributed by atoms with Crippen molar-refractivity contribution in [2.75, 3.05) is 15.5 Å². The maximum absolute atomic E-state index is 13.7. The Labute approximate surface area is 199 Å². The second kappa shape index (κ2) is 8.98. The smallest absolute Gasteiger partial charge is 0.282 e. The first-order valence-corrected chi connectivity index (χ1v) is 11.1. The quantitative estimate of drug-likeness (QED) is 0.516. The molecule has 1 heterocycles. The molecule has 0 spiro atoms. The van der Waals surface area contributed by atoms with Gasteiger partial charge in [0.05, 0.1) is 11.3 Å². The highest BCUT2D eigenvalue weighted by molar-refractivity contribution is 6.46. The Bertz CT molecular complexity index is 1330. The van der Waals surface area contributed by atoms with Crippen molar-refractivity contribution in [3.05, 3.63) is 94.2 Å². The number of carbonyl (C=O) groups is 3. The SMILES string of the molecule is CC(=O)Nc1ccc(NC2=C(c3ccc(C)cc3C)C(=O)N(c3cc(C)cc(C)c3)C2=O)cc1. The molecule has 0 atom stereocenters. The second-order valence-corrected chi connectivity index (χ2v) is 8.74. The minimum Gasteiger partial charge on any atom is -0.350 e. The number of benzene rings is 3. The van der Waals surface area contributed by atoms with Crippen LogP contribution in [0.5, 0.6) is 0 Å². The minimum absolute atomic E-state index is 0.166. The molecule has 0 bridgehead atoms. The van der Waals surface area contributed by atoms with E-state index in [-0.39, 0.29) is 17.5 Å². The molecular formula is C28H27N3O3. The van der Waals surface area contributed by atoms with Gasteiger partial charge in [0.25, 0.3) is 11.8 Å². The third-order valence-electron chi connectivity index (χ3n) is 5.67. The Kier molecular flexibility index (Phi) is 6.07. The lowest BCUT2D eigenvalue weighted by Crippen LogP contribution is -2.32. The van der Waals surface area contributed by atoms with E-state index in [1.165, 1.54) is 11.8 Å². The van der Waals surface area contributed by atoms with Crippen molar-refractivity contribution in [3.8, 4) is 0 Å². The predicted molar refractivity (Wildman–Crippen MR) is 136 cm³/mol. The molecule has 172 valence electrons.